The molecule has 1 spiro atoms. The van der Waals surface area contributed by atoms with Crippen LogP contribution in [0.2, 0.25) is 0 Å². The number of alkyl halides is 3. The van der Waals surface area contributed by atoms with E-state index in [-0.39, 0.29) is 6.61 Å². The van der Waals surface area contributed by atoms with E-state index in [0.717, 1.165) is 28.6 Å². The fourth-order valence-corrected chi connectivity index (χ4v) is 5.28. The first-order valence-corrected chi connectivity index (χ1v) is 10.5. The van der Waals surface area contributed by atoms with Crippen molar-refractivity contribution in [2.45, 2.75) is 35.6 Å². The molecule has 11 heteroatoms. The third-order valence-corrected chi connectivity index (χ3v) is 7.52. The van der Waals surface area contributed by atoms with Gasteiger partial charge < -0.3 is 4.74 Å². The summed E-state index contributed by atoms with van der Waals surface area (Å²) in [6, 6.07) is 7.22. The molecule has 2 aromatic rings. The highest BCUT2D eigenvalue weighted by atomic mass is 32.2. The molecule has 0 N–H and O–H groups in total. The van der Waals surface area contributed by atoms with Crippen molar-refractivity contribution in [3.05, 3.63) is 69.3 Å². The summed E-state index contributed by atoms with van der Waals surface area (Å²) >= 11 is 0. The number of fused-ring (bicyclic) bond motifs is 2. The molecule has 1 atom stereocenters. The third kappa shape index (κ3) is 3.26. The molecule has 1 saturated carbocycles. The molecule has 1 fully saturated rings. The van der Waals surface area contributed by atoms with Crippen LogP contribution >= 0.6 is 0 Å². The first-order chi connectivity index (χ1) is 14.0. The number of hydrogen-bond donors (Lipinski definition) is 0. The zero-order valence-electron chi connectivity index (χ0n) is 15.7. The lowest BCUT2D eigenvalue weighted by molar-refractivity contribution is -0.387. The summed E-state index contributed by atoms with van der Waals surface area (Å²) in [7, 11) is -3.08. The molecule has 1 aliphatic heterocycles. The zero-order chi connectivity index (χ0) is 21.9. The van der Waals surface area contributed by atoms with E-state index < -0.39 is 48.9 Å². The minimum atomic E-state index is -4.54. The summed E-state index contributed by atoms with van der Waals surface area (Å²) < 4.78 is 72.7. The predicted molar refractivity (Wildman–Crippen MR) is 99.1 cm³/mol. The van der Waals surface area contributed by atoms with Gasteiger partial charge in [-0.3, -0.25) is 10.1 Å². The monoisotopic (exact) mass is 442 g/mol. The van der Waals surface area contributed by atoms with E-state index >= 15 is 0 Å². The smallest absolute Gasteiger partial charge is 0.368 e. The maximum atomic E-state index is 13.2. The van der Waals surface area contributed by atoms with Gasteiger partial charge in [0.2, 0.25) is 10.0 Å². The molecule has 30 heavy (non-hydrogen) atoms. The van der Waals surface area contributed by atoms with Crippen LogP contribution in [0.25, 0.3) is 0 Å². The summed E-state index contributed by atoms with van der Waals surface area (Å²) in [4.78, 5) is 10.0. The lowest BCUT2D eigenvalue weighted by Gasteiger charge is -2.37. The molecule has 0 radical (unpaired) electrons. The van der Waals surface area contributed by atoms with Crippen molar-refractivity contribution in [2.75, 3.05) is 13.7 Å². The van der Waals surface area contributed by atoms with E-state index in [1.165, 1.54) is 25.2 Å². The fraction of sp³-hybridized carbons (Fsp3) is 0.368. The van der Waals surface area contributed by atoms with Gasteiger partial charge in [-0.1, -0.05) is 18.2 Å². The van der Waals surface area contributed by atoms with Crippen molar-refractivity contribution >= 4 is 15.7 Å². The minimum Gasteiger partial charge on any atom is -0.368 e. The third-order valence-electron chi connectivity index (χ3n) is 5.61. The minimum absolute atomic E-state index is 0.0608. The van der Waals surface area contributed by atoms with Crippen molar-refractivity contribution in [3.63, 3.8) is 0 Å². The highest BCUT2D eigenvalue weighted by Gasteiger charge is 2.53. The molecule has 0 aromatic heterocycles. The number of likely N-dealkylation sites (N-methyl/N-ethyl adjacent to an activating group) is 1. The van der Waals surface area contributed by atoms with E-state index in [2.05, 4.69) is 0 Å². The predicted octanol–water partition coefficient (Wildman–Crippen LogP) is 3.99. The summed E-state index contributed by atoms with van der Waals surface area (Å²) in [6.07, 6.45) is -3.44. The van der Waals surface area contributed by atoms with E-state index in [9.17, 15) is 31.7 Å². The maximum Gasteiger partial charge on any atom is 0.416 e. The molecule has 4 rings (SSSR count). The summed E-state index contributed by atoms with van der Waals surface area (Å²) in [5, 5.41) is 11.3. The Morgan fingerprint density at radius 1 is 1.20 bits per heavy atom. The molecule has 2 aromatic carbocycles. The average Bonchev–Trinajstić information content (AvgIpc) is 3.47. The van der Waals surface area contributed by atoms with Crippen molar-refractivity contribution in [1.82, 2.24) is 4.31 Å². The van der Waals surface area contributed by atoms with Crippen LogP contribution in [-0.2, 0) is 26.5 Å². The van der Waals surface area contributed by atoms with Gasteiger partial charge in [-0.25, -0.2) is 8.42 Å². The zero-order valence-corrected chi connectivity index (χ0v) is 16.5. The normalized spacial score (nSPS) is 20.2. The Kier molecular flexibility index (Phi) is 4.68. The molecule has 2 aliphatic rings. The number of nitro benzene ring substituents is 1. The number of ether oxygens (including phenoxy) is 1. The van der Waals surface area contributed by atoms with E-state index in [4.69, 9.17) is 4.74 Å². The number of sulfonamides is 1. The van der Waals surface area contributed by atoms with Crippen LogP contribution in [0.3, 0.4) is 0 Å². The van der Waals surface area contributed by atoms with E-state index in [1.807, 2.05) is 0 Å². The number of benzene rings is 2. The topological polar surface area (TPSA) is 89.8 Å². The van der Waals surface area contributed by atoms with Crippen molar-refractivity contribution in [2.24, 2.45) is 0 Å². The van der Waals surface area contributed by atoms with Crippen LogP contribution in [-0.4, -0.2) is 31.3 Å². The van der Waals surface area contributed by atoms with E-state index in [1.54, 1.807) is 0 Å². The van der Waals surface area contributed by atoms with Gasteiger partial charge in [0.25, 0.3) is 5.69 Å². The molecule has 160 valence electrons. The van der Waals surface area contributed by atoms with Gasteiger partial charge in [-0.15, -0.1) is 0 Å². The Hall–Kier alpha value is -2.50. The summed E-state index contributed by atoms with van der Waals surface area (Å²) in [5.74, 6) is 0. The van der Waals surface area contributed by atoms with Gasteiger partial charge in [0.15, 0.2) is 4.90 Å². The largest absolute Gasteiger partial charge is 0.416 e. The first-order valence-electron chi connectivity index (χ1n) is 9.04. The molecule has 0 bridgehead atoms. The Morgan fingerprint density at radius 2 is 1.87 bits per heavy atom. The first kappa shape index (κ1) is 20.8. The molecular formula is C19H17F3N2O5S. The molecule has 1 unspecified atom stereocenters. The number of para-hydroxylation sites is 1. The molecule has 0 saturated heterocycles. The number of rotatable bonds is 4. The van der Waals surface area contributed by atoms with Crippen molar-refractivity contribution in [1.29, 1.82) is 0 Å². The van der Waals surface area contributed by atoms with Crippen LogP contribution in [0.1, 0.15) is 35.6 Å². The second-order valence-electron chi connectivity index (χ2n) is 7.37. The number of nitrogens with zero attached hydrogens (tertiary/aromatic N) is 2. The van der Waals surface area contributed by atoms with Gasteiger partial charge >= 0.3 is 6.18 Å². The van der Waals surface area contributed by atoms with Crippen LogP contribution < -0.4 is 0 Å². The molecular weight excluding hydrogens is 425 g/mol. The lowest BCUT2D eigenvalue weighted by atomic mass is 9.90. The Bertz CT molecular complexity index is 1130. The molecule has 7 nitrogen and oxygen atoms in total. The van der Waals surface area contributed by atoms with E-state index in [0.29, 0.717) is 24.0 Å². The summed E-state index contributed by atoms with van der Waals surface area (Å²) in [5.41, 5.74) is -1.50. The van der Waals surface area contributed by atoms with Gasteiger partial charge in [-0.05, 0) is 42.2 Å². The highest BCUT2D eigenvalue weighted by molar-refractivity contribution is 7.89. The average molecular weight is 442 g/mol. The second-order valence-corrected chi connectivity index (χ2v) is 9.33. The Morgan fingerprint density at radius 3 is 2.47 bits per heavy atom. The Balaban J connectivity index is 1.78. The highest BCUT2D eigenvalue weighted by Crippen LogP contribution is 2.56. The maximum absolute atomic E-state index is 13.2. The fourth-order valence-electron chi connectivity index (χ4n) is 3.80. The van der Waals surface area contributed by atoms with Crippen LogP contribution in [0, 0.1) is 10.1 Å². The quantitative estimate of drug-likeness (QED) is 0.528. The molecule has 1 heterocycles. The summed E-state index contributed by atoms with van der Waals surface area (Å²) in [6.45, 7) is -0.0608. The molecule has 1 aliphatic carbocycles. The van der Waals surface area contributed by atoms with Gasteiger partial charge in [0, 0.05) is 13.1 Å². The number of nitro groups is 1. The van der Waals surface area contributed by atoms with Crippen LogP contribution in [0.4, 0.5) is 18.9 Å². The lowest BCUT2D eigenvalue weighted by Crippen LogP contribution is -2.39. The standard InChI is InChI=1S/C19H17F3N2O5S/c1-23(30(27,28)17-5-3-2-4-15(17)24(25)26)16-11-29-18(8-9-18)14-10-12(19(20,21)22)6-7-13(14)16/h2-7,10,16H,8-9,11H2,1H3. The second kappa shape index (κ2) is 6.76. The van der Waals surface area contributed by atoms with Gasteiger partial charge in [0.1, 0.15) is 0 Å². The van der Waals surface area contributed by atoms with Crippen molar-refractivity contribution < 1.29 is 31.2 Å². The van der Waals surface area contributed by atoms with Crippen molar-refractivity contribution in [3.8, 4) is 0 Å². The van der Waals surface area contributed by atoms with Crippen LogP contribution in [0.5, 0.6) is 0 Å². The van der Waals surface area contributed by atoms with Gasteiger partial charge in [-0.2, -0.15) is 17.5 Å². The SMILES string of the molecule is CN(C1COC2(CC2)c2cc(C(F)(F)F)ccc21)S(=O)(=O)c1ccccc1[N+](=O)[O-]. The van der Waals surface area contributed by atoms with Crippen LogP contribution in [0.15, 0.2) is 47.4 Å². The van der Waals surface area contributed by atoms with Gasteiger partial charge in [0.05, 0.1) is 28.7 Å². The number of halogens is 3. The Labute approximate surface area is 170 Å². The molecule has 0 amide bonds. The number of hydrogen-bond acceptors (Lipinski definition) is 5.